The van der Waals surface area contributed by atoms with E-state index >= 15 is 0 Å². The topological polar surface area (TPSA) is 3.24 Å². The Bertz CT molecular complexity index is 10.8. The molecule has 0 aromatic rings. The van der Waals surface area contributed by atoms with Gasteiger partial charge in [0.2, 0.25) is 0 Å². The fraction of sp³-hybridized carbons (Fsp3) is 1.00. The van der Waals surface area contributed by atoms with Crippen molar-refractivity contribution in [3.8, 4) is 0 Å². The van der Waals surface area contributed by atoms with Gasteiger partial charge in [0, 0.05) is 0 Å². The van der Waals surface area contributed by atoms with Crippen molar-refractivity contribution < 1.29 is 24.7 Å². The van der Waals surface area contributed by atoms with Gasteiger partial charge in [0.25, 0.3) is 0 Å². The SMILES string of the molecule is C[N](C)[Hf+5]. The van der Waals surface area contributed by atoms with Crippen molar-refractivity contribution in [3.05, 3.63) is 0 Å². The molecule has 0 atom stereocenters. The fourth-order valence-corrected chi connectivity index (χ4v) is 0. The van der Waals surface area contributed by atoms with Gasteiger partial charge in [-0.25, -0.2) is 0 Å². The second-order valence-corrected chi connectivity index (χ2v) is 4.11. The van der Waals surface area contributed by atoms with Crippen molar-refractivity contribution in [3.63, 3.8) is 0 Å². The van der Waals surface area contributed by atoms with E-state index < -0.39 is 0 Å². The van der Waals surface area contributed by atoms with E-state index in [1.165, 1.54) is 24.7 Å². The van der Waals surface area contributed by atoms with Crippen LogP contribution in [-0.2, 0) is 24.7 Å². The molecule has 0 N–H and O–H groups in total. The summed E-state index contributed by atoms with van der Waals surface area (Å²) in [6.07, 6.45) is 0. The Labute approximate surface area is 42.0 Å². The average Bonchev–Trinajstić information content (AvgIpc) is 0.811. The van der Waals surface area contributed by atoms with Gasteiger partial charge in [0.1, 0.15) is 0 Å². The maximum atomic E-state index is 2.14. The zero-order valence-corrected chi connectivity index (χ0v) is 6.54. The number of hydrogen-bond donors (Lipinski definition) is 0. The quantitative estimate of drug-likeness (QED) is 0.522. The van der Waals surface area contributed by atoms with Gasteiger partial charge in [-0.05, 0) is 0 Å². The monoisotopic (exact) mass is 224 g/mol. The summed E-state index contributed by atoms with van der Waals surface area (Å²) in [6, 6.07) is 0. The molecule has 0 aliphatic rings. The van der Waals surface area contributed by atoms with Gasteiger partial charge in [-0.15, -0.1) is 0 Å². The second-order valence-electron chi connectivity index (χ2n) is 0.894. The Morgan fingerprint density at radius 3 is 1.50 bits per heavy atom. The molecular weight excluding hydrogens is 217 g/mol. The van der Waals surface area contributed by atoms with Crippen LogP contribution in [-0.4, -0.2) is 17.0 Å². The summed E-state index contributed by atoms with van der Waals surface area (Å²) >= 11 is 1.18. The van der Waals surface area contributed by atoms with Crippen molar-refractivity contribution in [1.29, 1.82) is 0 Å². The third-order valence-corrected chi connectivity index (χ3v) is 0. The molecule has 0 heterocycles. The zero-order chi connectivity index (χ0) is 3.58. The van der Waals surface area contributed by atoms with E-state index in [4.69, 9.17) is 0 Å². The summed E-state index contributed by atoms with van der Waals surface area (Å²) in [5, 5.41) is 0. The van der Waals surface area contributed by atoms with Gasteiger partial charge in [-0.2, -0.15) is 0 Å². The van der Waals surface area contributed by atoms with E-state index in [1.54, 1.807) is 0 Å². The Morgan fingerprint density at radius 1 is 1.50 bits per heavy atom. The first-order chi connectivity index (χ1) is 1.73. The molecule has 18 valence electrons. The van der Waals surface area contributed by atoms with Crippen LogP contribution in [0.4, 0.5) is 0 Å². The predicted molar refractivity (Wildman–Crippen MR) is 13.7 cm³/mol. The molecule has 0 aromatic heterocycles. The van der Waals surface area contributed by atoms with Gasteiger partial charge in [0.05, 0.1) is 0 Å². The number of nitrogens with zero attached hydrogens (tertiary/aromatic N) is 1. The van der Waals surface area contributed by atoms with E-state index in [-0.39, 0.29) is 0 Å². The van der Waals surface area contributed by atoms with Gasteiger partial charge in [0.15, 0.2) is 0 Å². The van der Waals surface area contributed by atoms with Gasteiger partial charge in [-0.1, -0.05) is 0 Å². The molecule has 0 fully saturated rings. The van der Waals surface area contributed by atoms with E-state index in [0.717, 1.165) is 0 Å². The van der Waals surface area contributed by atoms with Gasteiger partial charge in [-0.3, -0.25) is 0 Å². The van der Waals surface area contributed by atoms with Crippen LogP contribution in [0.1, 0.15) is 0 Å². The van der Waals surface area contributed by atoms with Crippen LogP contribution in [0, 0.1) is 0 Å². The predicted octanol–water partition coefficient (Wildman–Crippen LogP) is 0.00980. The average molecular weight is 223 g/mol. The molecule has 0 rings (SSSR count). The minimum absolute atomic E-state index is 1.18. The third kappa shape index (κ3) is 13.8. The maximum absolute atomic E-state index is 2.14. The summed E-state index contributed by atoms with van der Waals surface area (Å²) < 4.78 is 2.14. The molecule has 0 unspecified atom stereocenters. The summed E-state index contributed by atoms with van der Waals surface area (Å²) in [5.74, 6) is 0. The van der Waals surface area contributed by atoms with E-state index in [1.807, 2.05) is 0 Å². The van der Waals surface area contributed by atoms with Crippen LogP contribution >= 0.6 is 0 Å². The molecule has 2 heteroatoms. The molecule has 0 aliphatic heterocycles. The van der Waals surface area contributed by atoms with Crippen LogP contribution in [0.2, 0.25) is 0 Å². The molecular formula is C2H6HfN+5. The molecule has 0 amide bonds. The molecule has 1 nitrogen and oxygen atoms in total. The molecule has 0 saturated heterocycles. The molecule has 0 radical (unpaired) electrons. The van der Waals surface area contributed by atoms with E-state index in [9.17, 15) is 0 Å². The molecule has 0 saturated carbocycles. The fourth-order valence-electron chi connectivity index (χ4n) is 0. The summed E-state index contributed by atoms with van der Waals surface area (Å²) in [5.41, 5.74) is 0. The van der Waals surface area contributed by atoms with Crippen LogP contribution in [0.3, 0.4) is 0 Å². The first kappa shape index (κ1) is 4.83. The molecule has 4 heavy (non-hydrogen) atoms. The normalized spacial score (nSPS) is 9.25. The Balaban J connectivity index is 2.32. The molecule has 0 bridgehead atoms. The van der Waals surface area contributed by atoms with Crippen LogP contribution in [0.5, 0.6) is 0 Å². The standard InChI is InChI=1S/C2H6N.Hf/c1-3-2;/h1-2H3;/q-1;+6. The zero-order valence-electron chi connectivity index (χ0n) is 2.95. The molecule has 0 aromatic carbocycles. The van der Waals surface area contributed by atoms with Gasteiger partial charge >= 0.3 is 41.6 Å². The van der Waals surface area contributed by atoms with Gasteiger partial charge < -0.3 is 0 Å². The van der Waals surface area contributed by atoms with Crippen molar-refractivity contribution >= 4 is 0 Å². The van der Waals surface area contributed by atoms with Crippen LogP contribution in [0.15, 0.2) is 0 Å². The minimum atomic E-state index is 1.18. The molecule has 0 aliphatic carbocycles. The second kappa shape index (κ2) is 2.09. The van der Waals surface area contributed by atoms with E-state index in [0.29, 0.717) is 0 Å². The van der Waals surface area contributed by atoms with Crippen LogP contribution < -0.4 is 0 Å². The van der Waals surface area contributed by atoms with Crippen molar-refractivity contribution in [1.82, 2.24) is 2.89 Å². The molecule has 0 spiro atoms. The first-order valence-electron chi connectivity index (χ1n) is 1.12. The Hall–Kier alpha value is 0.830. The van der Waals surface area contributed by atoms with E-state index in [2.05, 4.69) is 17.0 Å². The first-order valence-corrected chi connectivity index (χ1v) is 2.72. The summed E-state index contributed by atoms with van der Waals surface area (Å²) in [6.45, 7) is 0. The van der Waals surface area contributed by atoms with Crippen molar-refractivity contribution in [2.24, 2.45) is 0 Å². The Morgan fingerprint density at radius 2 is 1.50 bits per heavy atom. The summed E-state index contributed by atoms with van der Waals surface area (Å²) in [7, 11) is 4.12. The number of rotatable bonds is 0. The van der Waals surface area contributed by atoms with Crippen molar-refractivity contribution in [2.75, 3.05) is 14.1 Å². The summed E-state index contributed by atoms with van der Waals surface area (Å²) in [4.78, 5) is 0. The van der Waals surface area contributed by atoms with Crippen LogP contribution in [0.25, 0.3) is 0 Å². The Kier molecular flexibility index (Phi) is 2.53. The third-order valence-electron chi connectivity index (χ3n) is 0. The number of hydrogen-bond acceptors (Lipinski definition) is 1. The van der Waals surface area contributed by atoms with Crippen molar-refractivity contribution in [2.45, 2.75) is 0 Å².